The summed E-state index contributed by atoms with van der Waals surface area (Å²) in [6.07, 6.45) is 0. The summed E-state index contributed by atoms with van der Waals surface area (Å²) in [6.45, 7) is 3.89. The number of rotatable bonds is 3. The molecule has 3 aromatic rings. The van der Waals surface area contributed by atoms with Crippen LogP contribution in [0.1, 0.15) is 16.1 Å². The van der Waals surface area contributed by atoms with Crippen molar-refractivity contribution in [3.8, 4) is 0 Å². The molecule has 0 aliphatic carbocycles. The predicted molar refractivity (Wildman–Crippen MR) is 111 cm³/mol. The first-order chi connectivity index (χ1) is 13.0. The van der Waals surface area contributed by atoms with Gasteiger partial charge in [0, 0.05) is 60.7 Å². The van der Waals surface area contributed by atoms with Gasteiger partial charge in [0.1, 0.15) is 5.69 Å². The van der Waals surface area contributed by atoms with E-state index in [9.17, 15) is 4.79 Å². The largest absolute Gasteiger partial charge is 0.340 e. The first-order valence-electron chi connectivity index (χ1n) is 9.03. The molecule has 27 heavy (non-hydrogen) atoms. The van der Waals surface area contributed by atoms with Crippen molar-refractivity contribution in [2.24, 2.45) is 7.05 Å². The minimum atomic E-state index is 0.0576. The average molecular weight is 402 g/mol. The zero-order valence-corrected chi connectivity index (χ0v) is 16.7. The highest BCUT2D eigenvalue weighted by molar-refractivity contribution is 6.35. The van der Waals surface area contributed by atoms with Gasteiger partial charge in [-0.05, 0) is 29.8 Å². The maximum absolute atomic E-state index is 13.0. The van der Waals surface area contributed by atoms with Crippen molar-refractivity contribution in [1.29, 1.82) is 0 Å². The molecule has 6 heteroatoms. The topological polar surface area (TPSA) is 28.5 Å². The summed E-state index contributed by atoms with van der Waals surface area (Å²) in [6, 6.07) is 15.6. The molecule has 1 aliphatic rings. The van der Waals surface area contributed by atoms with Crippen LogP contribution in [0, 0.1) is 0 Å². The number of nitrogens with zero attached hydrogens (tertiary/aromatic N) is 3. The van der Waals surface area contributed by atoms with Crippen molar-refractivity contribution in [2.45, 2.75) is 6.54 Å². The fourth-order valence-corrected chi connectivity index (χ4v) is 4.09. The second-order valence-corrected chi connectivity index (χ2v) is 7.74. The summed E-state index contributed by atoms with van der Waals surface area (Å²) in [7, 11) is 1.92. The summed E-state index contributed by atoms with van der Waals surface area (Å²) >= 11 is 12.6. The molecule has 1 fully saturated rings. The van der Waals surface area contributed by atoms with Gasteiger partial charge in [-0.2, -0.15) is 0 Å². The summed E-state index contributed by atoms with van der Waals surface area (Å²) in [4.78, 5) is 17.3. The minimum absolute atomic E-state index is 0.0576. The van der Waals surface area contributed by atoms with Crippen LogP contribution in [0.4, 0.5) is 0 Å². The van der Waals surface area contributed by atoms with E-state index in [1.165, 1.54) is 0 Å². The first kappa shape index (κ1) is 18.4. The van der Waals surface area contributed by atoms with Crippen LogP contribution in [0.2, 0.25) is 10.0 Å². The minimum Gasteiger partial charge on any atom is -0.340 e. The lowest BCUT2D eigenvalue weighted by Crippen LogP contribution is -2.48. The molecular formula is C21H21Cl2N3O. The Morgan fingerprint density at radius 3 is 2.37 bits per heavy atom. The molecule has 2 heterocycles. The Kier molecular flexibility index (Phi) is 5.13. The number of hydrogen-bond donors (Lipinski definition) is 0. The number of carbonyl (C=O) groups is 1. The Bertz CT molecular complexity index is 990. The fraction of sp³-hybridized carbons (Fsp3) is 0.286. The van der Waals surface area contributed by atoms with Crippen LogP contribution in [0.15, 0.2) is 48.5 Å². The smallest absolute Gasteiger partial charge is 0.270 e. The van der Waals surface area contributed by atoms with Gasteiger partial charge in [0.25, 0.3) is 5.91 Å². The van der Waals surface area contributed by atoms with E-state index in [0.29, 0.717) is 23.8 Å². The molecule has 0 saturated carbocycles. The monoisotopic (exact) mass is 401 g/mol. The summed E-state index contributed by atoms with van der Waals surface area (Å²) in [5, 5.41) is 2.39. The highest BCUT2D eigenvalue weighted by Crippen LogP contribution is 2.27. The van der Waals surface area contributed by atoms with Crippen LogP contribution >= 0.6 is 23.2 Å². The molecule has 1 aromatic heterocycles. The van der Waals surface area contributed by atoms with Crippen molar-refractivity contribution < 1.29 is 4.79 Å². The van der Waals surface area contributed by atoms with E-state index in [4.69, 9.17) is 23.2 Å². The van der Waals surface area contributed by atoms with E-state index in [0.717, 1.165) is 41.1 Å². The Balaban J connectivity index is 1.45. The van der Waals surface area contributed by atoms with Crippen LogP contribution in [-0.2, 0) is 13.6 Å². The number of carbonyl (C=O) groups excluding carboxylic acids is 1. The quantitative estimate of drug-likeness (QED) is 0.648. The number of amides is 1. The highest BCUT2D eigenvalue weighted by Gasteiger charge is 2.25. The fourth-order valence-electron chi connectivity index (χ4n) is 3.67. The van der Waals surface area contributed by atoms with Crippen molar-refractivity contribution in [3.63, 3.8) is 0 Å². The number of fused-ring (bicyclic) bond motifs is 1. The summed E-state index contributed by atoms with van der Waals surface area (Å²) in [5.74, 6) is 0.0576. The van der Waals surface area contributed by atoms with Gasteiger partial charge < -0.3 is 9.47 Å². The first-order valence-corrected chi connectivity index (χ1v) is 9.79. The Morgan fingerprint density at radius 2 is 1.67 bits per heavy atom. The van der Waals surface area contributed by atoms with Gasteiger partial charge in [-0.15, -0.1) is 0 Å². The Labute approximate surface area is 168 Å². The van der Waals surface area contributed by atoms with Crippen LogP contribution < -0.4 is 0 Å². The summed E-state index contributed by atoms with van der Waals surface area (Å²) < 4.78 is 1.93. The molecule has 0 radical (unpaired) electrons. The SMILES string of the molecule is Cn1c(C(=O)N2CCN(Cc3ccccc3Cl)CC2)cc2c(Cl)cccc21. The number of benzene rings is 2. The van der Waals surface area contributed by atoms with Crippen molar-refractivity contribution >= 4 is 40.0 Å². The predicted octanol–water partition coefficient (Wildman–Crippen LogP) is 4.44. The van der Waals surface area contributed by atoms with Gasteiger partial charge >= 0.3 is 0 Å². The molecule has 0 N–H and O–H groups in total. The van der Waals surface area contributed by atoms with E-state index >= 15 is 0 Å². The molecule has 0 spiro atoms. The third-order valence-corrected chi connectivity index (χ3v) is 5.96. The lowest BCUT2D eigenvalue weighted by atomic mass is 10.2. The molecule has 4 nitrogen and oxygen atoms in total. The molecule has 0 atom stereocenters. The van der Waals surface area contributed by atoms with Crippen molar-refractivity contribution in [3.05, 3.63) is 69.8 Å². The summed E-state index contributed by atoms with van der Waals surface area (Å²) in [5.41, 5.74) is 2.78. The van der Waals surface area contributed by atoms with Gasteiger partial charge in [0.05, 0.1) is 0 Å². The molecule has 4 rings (SSSR count). The van der Waals surface area contributed by atoms with Crippen LogP contribution in [0.5, 0.6) is 0 Å². The zero-order valence-electron chi connectivity index (χ0n) is 15.2. The lowest BCUT2D eigenvalue weighted by Gasteiger charge is -2.35. The maximum atomic E-state index is 13.0. The number of hydrogen-bond acceptors (Lipinski definition) is 2. The standard InChI is InChI=1S/C21H21Cl2N3O/c1-24-19-8-4-7-18(23)16(19)13-20(24)21(27)26-11-9-25(10-12-26)14-15-5-2-3-6-17(15)22/h2-8,13H,9-12,14H2,1H3. The number of aromatic nitrogens is 1. The molecular weight excluding hydrogens is 381 g/mol. The Morgan fingerprint density at radius 1 is 0.963 bits per heavy atom. The maximum Gasteiger partial charge on any atom is 0.270 e. The van der Waals surface area contributed by atoms with Gasteiger partial charge in [-0.1, -0.05) is 47.5 Å². The second kappa shape index (κ2) is 7.55. The second-order valence-electron chi connectivity index (χ2n) is 6.92. The van der Waals surface area contributed by atoms with E-state index in [1.54, 1.807) is 0 Å². The third kappa shape index (κ3) is 3.57. The number of aryl methyl sites for hydroxylation is 1. The number of piperazine rings is 1. The Hall–Kier alpha value is -2.01. The lowest BCUT2D eigenvalue weighted by molar-refractivity contribution is 0.0619. The highest BCUT2D eigenvalue weighted by atomic mass is 35.5. The molecule has 1 saturated heterocycles. The molecule has 2 aromatic carbocycles. The van der Waals surface area contributed by atoms with Gasteiger partial charge in [0.15, 0.2) is 0 Å². The molecule has 0 bridgehead atoms. The van der Waals surface area contributed by atoms with E-state index in [-0.39, 0.29) is 5.91 Å². The third-order valence-electron chi connectivity index (χ3n) is 5.26. The molecule has 140 valence electrons. The van der Waals surface area contributed by atoms with Crippen LogP contribution in [-0.4, -0.2) is 46.5 Å². The zero-order chi connectivity index (χ0) is 19.0. The van der Waals surface area contributed by atoms with Crippen LogP contribution in [0.3, 0.4) is 0 Å². The molecule has 1 aliphatic heterocycles. The van der Waals surface area contributed by atoms with Gasteiger partial charge in [-0.3, -0.25) is 9.69 Å². The number of halogens is 2. The van der Waals surface area contributed by atoms with Crippen molar-refractivity contribution in [1.82, 2.24) is 14.4 Å². The normalized spacial score (nSPS) is 15.4. The van der Waals surface area contributed by atoms with E-state index in [1.807, 2.05) is 59.0 Å². The van der Waals surface area contributed by atoms with E-state index < -0.39 is 0 Å². The van der Waals surface area contributed by atoms with Gasteiger partial charge in [-0.25, -0.2) is 0 Å². The molecule has 0 unspecified atom stereocenters. The van der Waals surface area contributed by atoms with Crippen LogP contribution in [0.25, 0.3) is 10.9 Å². The van der Waals surface area contributed by atoms with E-state index in [2.05, 4.69) is 11.0 Å². The molecule has 1 amide bonds. The average Bonchev–Trinajstić information content (AvgIpc) is 3.02. The van der Waals surface area contributed by atoms with Crippen molar-refractivity contribution in [2.75, 3.05) is 26.2 Å². The van der Waals surface area contributed by atoms with Gasteiger partial charge in [0.2, 0.25) is 0 Å².